The number of likely N-dealkylation sites (tertiary alicyclic amines) is 1. The van der Waals surface area contributed by atoms with Crippen molar-refractivity contribution in [3.05, 3.63) is 36.3 Å². The van der Waals surface area contributed by atoms with E-state index in [2.05, 4.69) is 11.9 Å². The van der Waals surface area contributed by atoms with Crippen LogP contribution in [-0.4, -0.2) is 44.3 Å². The van der Waals surface area contributed by atoms with Gasteiger partial charge in [0.05, 0.1) is 6.20 Å². The van der Waals surface area contributed by atoms with Crippen LogP contribution in [0.2, 0.25) is 0 Å². The Morgan fingerprint density at radius 1 is 1.43 bits per heavy atom. The minimum atomic E-state index is 0.109. The van der Waals surface area contributed by atoms with Crippen molar-refractivity contribution in [3.63, 3.8) is 0 Å². The highest BCUT2D eigenvalue weighted by molar-refractivity contribution is 7.99. The van der Waals surface area contributed by atoms with Gasteiger partial charge in [-0.2, -0.15) is 11.8 Å². The molecule has 3 heterocycles. The highest BCUT2D eigenvalue weighted by Gasteiger charge is 2.24. The number of carbonyl (C=O) groups is 1. The van der Waals surface area contributed by atoms with Crippen molar-refractivity contribution in [2.45, 2.75) is 31.4 Å². The van der Waals surface area contributed by atoms with Gasteiger partial charge < -0.3 is 4.90 Å². The molecule has 2 aromatic rings. The van der Waals surface area contributed by atoms with Crippen molar-refractivity contribution in [2.75, 3.05) is 18.8 Å². The summed E-state index contributed by atoms with van der Waals surface area (Å²) < 4.78 is 1.88. The first-order valence-corrected chi connectivity index (χ1v) is 8.67. The highest BCUT2D eigenvalue weighted by Crippen LogP contribution is 2.23. The van der Waals surface area contributed by atoms with E-state index >= 15 is 0 Å². The number of amides is 1. The molecule has 0 spiro atoms. The van der Waals surface area contributed by atoms with E-state index < -0.39 is 0 Å². The molecule has 0 aliphatic carbocycles. The van der Waals surface area contributed by atoms with Crippen LogP contribution in [0.15, 0.2) is 30.6 Å². The fourth-order valence-electron chi connectivity index (χ4n) is 2.91. The topological polar surface area (TPSA) is 37.6 Å². The lowest BCUT2D eigenvalue weighted by Gasteiger charge is -2.23. The van der Waals surface area contributed by atoms with Crippen LogP contribution in [0.1, 0.15) is 36.7 Å². The fraction of sp³-hybridized carbons (Fsp3) is 0.500. The van der Waals surface area contributed by atoms with Gasteiger partial charge in [-0.3, -0.25) is 9.20 Å². The lowest BCUT2D eigenvalue weighted by atomic mass is 10.2. The molecule has 0 radical (unpaired) electrons. The van der Waals surface area contributed by atoms with E-state index in [-0.39, 0.29) is 5.91 Å². The number of imidazole rings is 1. The van der Waals surface area contributed by atoms with Gasteiger partial charge in [-0.25, -0.2) is 4.98 Å². The Balaban J connectivity index is 1.83. The Morgan fingerprint density at radius 2 is 2.33 bits per heavy atom. The second-order valence-corrected chi connectivity index (χ2v) is 6.97. The van der Waals surface area contributed by atoms with E-state index in [0.29, 0.717) is 10.9 Å². The molecule has 0 saturated carbocycles. The Labute approximate surface area is 129 Å². The van der Waals surface area contributed by atoms with E-state index in [4.69, 9.17) is 0 Å². The number of hydrogen-bond acceptors (Lipinski definition) is 3. The fourth-order valence-corrected chi connectivity index (χ4v) is 4.00. The maximum Gasteiger partial charge on any atom is 0.272 e. The number of carbonyl (C=O) groups excluding carboxylic acids is 1. The normalized spacial score (nSPS) is 19.7. The first-order valence-electron chi connectivity index (χ1n) is 7.62. The molecule has 4 nitrogen and oxygen atoms in total. The van der Waals surface area contributed by atoms with Crippen molar-refractivity contribution in [1.29, 1.82) is 0 Å². The summed E-state index contributed by atoms with van der Waals surface area (Å²) in [6.07, 6.45) is 7.14. The summed E-state index contributed by atoms with van der Waals surface area (Å²) in [6, 6.07) is 5.80. The number of nitrogens with zero attached hydrogens (tertiary/aromatic N) is 3. The molecule has 5 heteroatoms. The molecule has 0 N–H and O–H groups in total. The predicted octanol–water partition coefficient (Wildman–Crippen LogP) is 3.08. The first kappa shape index (κ1) is 14.4. The lowest BCUT2D eigenvalue weighted by molar-refractivity contribution is 0.0756. The van der Waals surface area contributed by atoms with Crippen LogP contribution >= 0.6 is 11.8 Å². The molecule has 2 aromatic heterocycles. The third kappa shape index (κ3) is 3.07. The molecule has 1 amide bonds. The third-order valence-electron chi connectivity index (χ3n) is 3.95. The largest absolute Gasteiger partial charge is 0.336 e. The van der Waals surface area contributed by atoms with Crippen molar-refractivity contribution in [1.82, 2.24) is 14.3 Å². The third-order valence-corrected chi connectivity index (χ3v) is 5.14. The number of pyridine rings is 1. The van der Waals surface area contributed by atoms with Crippen LogP contribution in [0.5, 0.6) is 0 Å². The lowest BCUT2D eigenvalue weighted by Crippen LogP contribution is -2.36. The monoisotopic (exact) mass is 303 g/mol. The van der Waals surface area contributed by atoms with Crippen LogP contribution in [0.3, 0.4) is 0 Å². The summed E-state index contributed by atoms with van der Waals surface area (Å²) >= 11 is 1.97. The van der Waals surface area contributed by atoms with Crippen LogP contribution in [0, 0.1) is 0 Å². The van der Waals surface area contributed by atoms with E-state index in [1.165, 1.54) is 12.8 Å². The van der Waals surface area contributed by atoms with Crippen LogP contribution < -0.4 is 0 Å². The Bertz CT molecular complexity index is 625. The maximum atomic E-state index is 12.8. The zero-order valence-electron chi connectivity index (χ0n) is 12.4. The Kier molecular flexibility index (Phi) is 4.48. The summed E-state index contributed by atoms with van der Waals surface area (Å²) in [5, 5.41) is 0.570. The summed E-state index contributed by atoms with van der Waals surface area (Å²) in [5.41, 5.74) is 1.50. The maximum absolute atomic E-state index is 12.8. The molecule has 112 valence electrons. The smallest absolute Gasteiger partial charge is 0.272 e. The minimum Gasteiger partial charge on any atom is -0.336 e. The van der Waals surface area contributed by atoms with Crippen molar-refractivity contribution in [2.24, 2.45) is 0 Å². The molecule has 0 aromatic carbocycles. The zero-order valence-corrected chi connectivity index (χ0v) is 13.2. The second kappa shape index (κ2) is 6.52. The molecule has 0 unspecified atom stereocenters. The van der Waals surface area contributed by atoms with Gasteiger partial charge in [0.25, 0.3) is 5.91 Å². The van der Waals surface area contributed by atoms with Crippen LogP contribution in [0.4, 0.5) is 0 Å². The van der Waals surface area contributed by atoms with Gasteiger partial charge in [0.1, 0.15) is 11.3 Å². The summed E-state index contributed by atoms with van der Waals surface area (Å²) in [6.45, 7) is 3.91. The molecule has 1 fully saturated rings. The first-order chi connectivity index (χ1) is 10.3. The zero-order chi connectivity index (χ0) is 14.7. The number of aromatic nitrogens is 2. The SMILES string of the molecule is CCS[C@H]1CCCCN(C(=O)c2cnc3ccccn23)C1. The van der Waals surface area contributed by atoms with Gasteiger partial charge in [-0.1, -0.05) is 19.4 Å². The van der Waals surface area contributed by atoms with Crippen LogP contribution in [-0.2, 0) is 0 Å². The number of fused-ring (bicyclic) bond motifs is 1. The number of hydrogen-bond donors (Lipinski definition) is 0. The summed E-state index contributed by atoms with van der Waals surface area (Å²) in [5.74, 6) is 1.22. The van der Waals surface area contributed by atoms with E-state index in [1.54, 1.807) is 6.20 Å². The standard InChI is InChI=1S/C16H21N3OS/c1-2-21-13-7-3-5-9-18(12-13)16(20)14-11-17-15-8-4-6-10-19(14)15/h4,6,8,10-11,13H,2-3,5,7,9,12H2,1H3/t13-/m0/s1. The molecule has 21 heavy (non-hydrogen) atoms. The minimum absolute atomic E-state index is 0.109. The summed E-state index contributed by atoms with van der Waals surface area (Å²) in [4.78, 5) is 19.2. The van der Waals surface area contributed by atoms with E-state index in [1.807, 2.05) is 45.5 Å². The molecular formula is C16H21N3OS. The quantitative estimate of drug-likeness (QED) is 0.874. The molecule has 1 aliphatic rings. The molecule has 1 atom stereocenters. The van der Waals surface area contributed by atoms with Crippen LogP contribution in [0.25, 0.3) is 5.65 Å². The van der Waals surface area contributed by atoms with E-state index in [9.17, 15) is 4.79 Å². The molecule has 0 bridgehead atoms. The predicted molar refractivity (Wildman–Crippen MR) is 86.9 cm³/mol. The average molecular weight is 303 g/mol. The van der Waals surface area contributed by atoms with Crippen molar-refractivity contribution in [3.8, 4) is 0 Å². The second-order valence-electron chi connectivity index (χ2n) is 5.40. The van der Waals surface area contributed by atoms with Gasteiger partial charge in [-0.15, -0.1) is 0 Å². The Morgan fingerprint density at radius 3 is 3.19 bits per heavy atom. The molecule has 3 rings (SSSR count). The van der Waals surface area contributed by atoms with Gasteiger partial charge in [0.15, 0.2) is 0 Å². The van der Waals surface area contributed by atoms with E-state index in [0.717, 1.165) is 30.9 Å². The molecular weight excluding hydrogens is 282 g/mol. The molecule has 1 saturated heterocycles. The van der Waals surface area contributed by atoms with Gasteiger partial charge in [-0.05, 0) is 30.7 Å². The highest BCUT2D eigenvalue weighted by atomic mass is 32.2. The summed E-state index contributed by atoms with van der Waals surface area (Å²) in [7, 11) is 0. The van der Waals surface area contributed by atoms with Crippen molar-refractivity contribution < 1.29 is 4.79 Å². The number of thioether (sulfide) groups is 1. The average Bonchev–Trinajstić information content (AvgIpc) is 2.79. The Hall–Kier alpha value is -1.49. The van der Waals surface area contributed by atoms with Crippen molar-refractivity contribution >= 4 is 23.3 Å². The van der Waals surface area contributed by atoms with Gasteiger partial charge in [0, 0.05) is 24.5 Å². The number of rotatable bonds is 3. The van der Waals surface area contributed by atoms with Gasteiger partial charge >= 0.3 is 0 Å². The molecule has 1 aliphatic heterocycles. The van der Waals surface area contributed by atoms with Gasteiger partial charge in [0.2, 0.25) is 0 Å².